The third-order valence-corrected chi connectivity index (χ3v) is 4.39. The third kappa shape index (κ3) is 3.29. The fraction of sp³-hybridized carbons (Fsp3) is 0.727. The third-order valence-electron chi connectivity index (χ3n) is 2.72. The van der Waals surface area contributed by atoms with Crippen LogP contribution >= 0.6 is 0 Å². The Morgan fingerprint density at radius 3 is 3.00 bits per heavy atom. The summed E-state index contributed by atoms with van der Waals surface area (Å²) in [5.41, 5.74) is 0. The molecule has 2 rings (SSSR count). The first kappa shape index (κ1) is 12.6. The van der Waals surface area contributed by atoms with Gasteiger partial charge < -0.3 is 9.73 Å². The van der Waals surface area contributed by atoms with E-state index in [4.69, 9.17) is 4.42 Å². The Morgan fingerprint density at radius 2 is 2.35 bits per heavy atom. The normalized spacial score (nSPS) is 24.1. The van der Waals surface area contributed by atoms with E-state index in [0.717, 1.165) is 6.42 Å². The molecule has 0 amide bonds. The molecule has 17 heavy (non-hydrogen) atoms. The average molecular weight is 258 g/mol. The number of rotatable bonds is 3. The number of nitrogens with zero attached hydrogens (tertiary/aromatic N) is 1. The number of oxazole rings is 1. The SMILES string of the molecule is CC(C)Cc1ncc(C2CS(=O)(=O)CCN2)o1. The maximum atomic E-state index is 11.5. The Kier molecular flexibility index (Phi) is 3.53. The first-order valence-electron chi connectivity index (χ1n) is 5.85. The minimum atomic E-state index is -2.94. The maximum absolute atomic E-state index is 11.5. The van der Waals surface area contributed by atoms with Crippen molar-refractivity contribution in [3.8, 4) is 0 Å². The summed E-state index contributed by atoms with van der Waals surface area (Å²) in [7, 11) is -2.94. The zero-order valence-electron chi connectivity index (χ0n) is 10.1. The van der Waals surface area contributed by atoms with Crippen molar-refractivity contribution >= 4 is 9.84 Å². The topological polar surface area (TPSA) is 72.2 Å². The fourth-order valence-corrected chi connectivity index (χ4v) is 3.28. The van der Waals surface area contributed by atoms with E-state index >= 15 is 0 Å². The van der Waals surface area contributed by atoms with E-state index < -0.39 is 9.84 Å². The second-order valence-corrected chi connectivity index (χ2v) is 7.10. The van der Waals surface area contributed by atoms with E-state index in [1.54, 1.807) is 6.20 Å². The fourth-order valence-electron chi connectivity index (χ4n) is 1.90. The van der Waals surface area contributed by atoms with Gasteiger partial charge in [-0.3, -0.25) is 0 Å². The molecule has 0 aliphatic carbocycles. The summed E-state index contributed by atoms with van der Waals surface area (Å²) in [6.07, 6.45) is 2.41. The van der Waals surface area contributed by atoms with Gasteiger partial charge in [0.2, 0.25) is 0 Å². The van der Waals surface area contributed by atoms with E-state index in [-0.39, 0.29) is 17.5 Å². The molecule has 1 N–H and O–H groups in total. The molecule has 1 aromatic heterocycles. The number of aromatic nitrogens is 1. The summed E-state index contributed by atoms with van der Waals surface area (Å²) in [6.45, 7) is 4.66. The molecular formula is C11H18N2O3S. The zero-order valence-corrected chi connectivity index (χ0v) is 11.0. The van der Waals surface area contributed by atoms with Crippen LogP contribution in [0.2, 0.25) is 0 Å². The van der Waals surface area contributed by atoms with Crippen LogP contribution in [0.1, 0.15) is 31.5 Å². The highest BCUT2D eigenvalue weighted by molar-refractivity contribution is 7.91. The Bertz CT molecular complexity index is 479. The first-order valence-corrected chi connectivity index (χ1v) is 7.67. The van der Waals surface area contributed by atoms with Crippen LogP contribution in [0.4, 0.5) is 0 Å². The van der Waals surface area contributed by atoms with Crippen molar-refractivity contribution in [1.29, 1.82) is 0 Å². The highest BCUT2D eigenvalue weighted by Gasteiger charge is 2.28. The molecule has 0 bridgehead atoms. The smallest absolute Gasteiger partial charge is 0.194 e. The molecule has 96 valence electrons. The lowest BCUT2D eigenvalue weighted by molar-refractivity contribution is 0.386. The van der Waals surface area contributed by atoms with Gasteiger partial charge in [-0.25, -0.2) is 13.4 Å². The molecule has 6 heteroatoms. The summed E-state index contributed by atoms with van der Waals surface area (Å²) < 4.78 is 28.6. The minimum absolute atomic E-state index is 0.101. The molecular weight excluding hydrogens is 240 g/mol. The molecule has 1 aliphatic rings. The first-order chi connectivity index (χ1) is 7.96. The lowest BCUT2D eigenvalue weighted by Crippen LogP contribution is -2.38. The molecule has 1 saturated heterocycles. The second-order valence-electron chi connectivity index (χ2n) is 4.88. The van der Waals surface area contributed by atoms with Crippen molar-refractivity contribution < 1.29 is 12.8 Å². The summed E-state index contributed by atoms with van der Waals surface area (Å²) in [5, 5.41) is 3.14. The van der Waals surface area contributed by atoms with Gasteiger partial charge in [-0.2, -0.15) is 0 Å². The Balaban J connectivity index is 2.09. The van der Waals surface area contributed by atoms with Crippen molar-refractivity contribution in [3.63, 3.8) is 0 Å². The van der Waals surface area contributed by atoms with Crippen LogP contribution in [0, 0.1) is 5.92 Å². The molecule has 0 radical (unpaired) electrons. The zero-order chi connectivity index (χ0) is 12.5. The monoisotopic (exact) mass is 258 g/mol. The maximum Gasteiger partial charge on any atom is 0.194 e. The summed E-state index contributed by atoms with van der Waals surface area (Å²) in [5.74, 6) is 2.09. The van der Waals surface area contributed by atoms with Gasteiger partial charge >= 0.3 is 0 Å². The summed E-state index contributed by atoms with van der Waals surface area (Å²) in [6, 6.07) is -0.248. The molecule has 0 spiro atoms. The molecule has 1 aliphatic heterocycles. The Hall–Kier alpha value is -0.880. The van der Waals surface area contributed by atoms with Crippen LogP contribution in [0.25, 0.3) is 0 Å². The van der Waals surface area contributed by atoms with Gasteiger partial charge in [-0.1, -0.05) is 13.8 Å². The van der Waals surface area contributed by atoms with Crippen LogP contribution in [0.5, 0.6) is 0 Å². The van der Waals surface area contributed by atoms with E-state index in [0.29, 0.717) is 24.1 Å². The summed E-state index contributed by atoms with van der Waals surface area (Å²) >= 11 is 0. The Labute approximate surface area is 102 Å². The highest BCUT2D eigenvalue weighted by atomic mass is 32.2. The molecule has 1 atom stereocenters. The Morgan fingerprint density at radius 1 is 1.59 bits per heavy atom. The average Bonchev–Trinajstić information content (AvgIpc) is 2.63. The molecule has 0 aromatic carbocycles. The van der Waals surface area contributed by atoms with Crippen molar-refractivity contribution in [1.82, 2.24) is 10.3 Å². The molecule has 1 unspecified atom stereocenters. The van der Waals surface area contributed by atoms with E-state index in [9.17, 15) is 8.42 Å². The predicted molar refractivity (Wildman–Crippen MR) is 64.4 cm³/mol. The number of sulfone groups is 1. The largest absolute Gasteiger partial charge is 0.444 e. The molecule has 2 heterocycles. The van der Waals surface area contributed by atoms with Gasteiger partial charge in [0, 0.05) is 13.0 Å². The van der Waals surface area contributed by atoms with Gasteiger partial charge in [0.1, 0.15) is 5.76 Å². The van der Waals surface area contributed by atoms with Crippen LogP contribution in [0.3, 0.4) is 0 Å². The van der Waals surface area contributed by atoms with Gasteiger partial charge in [0.25, 0.3) is 0 Å². The number of hydrogen-bond donors (Lipinski definition) is 1. The van der Waals surface area contributed by atoms with E-state index in [1.165, 1.54) is 0 Å². The van der Waals surface area contributed by atoms with E-state index in [2.05, 4.69) is 24.1 Å². The van der Waals surface area contributed by atoms with Gasteiger partial charge in [0.05, 0.1) is 23.7 Å². The van der Waals surface area contributed by atoms with Crippen molar-refractivity contribution in [2.24, 2.45) is 5.92 Å². The van der Waals surface area contributed by atoms with Crippen molar-refractivity contribution in [2.75, 3.05) is 18.1 Å². The highest BCUT2D eigenvalue weighted by Crippen LogP contribution is 2.20. The molecule has 0 saturated carbocycles. The van der Waals surface area contributed by atoms with Crippen LogP contribution in [-0.2, 0) is 16.3 Å². The minimum Gasteiger partial charge on any atom is -0.444 e. The van der Waals surface area contributed by atoms with Crippen molar-refractivity contribution in [3.05, 3.63) is 17.8 Å². The van der Waals surface area contributed by atoms with Gasteiger partial charge in [-0.05, 0) is 5.92 Å². The quantitative estimate of drug-likeness (QED) is 0.873. The lowest BCUT2D eigenvalue weighted by atomic mass is 10.1. The van der Waals surface area contributed by atoms with E-state index in [1.807, 2.05) is 0 Å². The van der Waals surface area contributed by atoms with Gasteiger partial charge in [-0.15, -0.1) is 0 Å². The predicted octanol–water partition coefficient (Wildman–Crippen LogP) is 0.932. The molecule has 5 nitrogen and oxygen atoms in total. The molecule has 1 aromatic rings. The van der Waals surface area contributed by atoms with Crippen LogP contribution in [0.15, 0.2) is 10.6 Å². The number of nitrogens with one attached hydrogen (secondary N) is 1. The van der Waals surface area contributed by atoms with Crippen LogP contribution in [-0.4, -0.2) is 31.5 Å². The number of hydrogen-bond acceptors (Lipinski definition) is 5. The van der Waals surface area contributed by atoms with Crippen molar-refractivity contribution in [2.45, 2.75) is 26.3 Å². The standard InChI is InChI=1S/C11H18N2O3S/c1-8(2)5-11-13-6-10(16-11)9-7-17(14,15)4-3-12-9/h6,8-9,12H,3-5,7H2,1-2H3. The lowest BCUT2D eigenvalue weighted by Gasteiger charge is -2.21. The van der Waals surface area contributed by atoms with Gasteiger partial charge in [0.15, 0.2) is 15.7 Å². The summed E-state index contributed by atoms with van der Waals surface area (Å²) in [4.78, 5) is 4.18. The second kappa shape index (κ2) is 4.78. The van der Waals surface area contributed by atoms with Crippen LogP contribution < -0.4 is 5.32 Å². The molecule has 1 fully saturated rings.